The minimum atomic E-state index is -1.98. The van der Waals surface area contributed by atoms with Crippen molar-refractivity contribution in [3.05, 3.63) is 70.0 Å². The second-order valence-corrected chi connectivity index (χ2v) is 11.8. The molecule has 1 aliphatic carbocycles. The second kappa shape index (κ2) is 14.8. The molecule has 0 spiro atoms. The fraction of sp³-hybridized carbons (Fsp3) is 0.469. The van der Waals surface area contributed by atoms with Crippen LogP contribution in [0.3, 0.4) is 0 Å². The lowest BCUT2D eigenvalue weighted by Crippen LogP contribution is -2.67. The third kappa shape index (κ3) is 7.55. The molecule has 3 fully saturated rings. The summed E-state index contributed by atoms with van der Waals surface area (Å²) in [5, 5.41) is 55.2. The average molecular weight is 684 g/mol. The van der Waals surface area contributed by atoms with Crippen LogP contribution in [-0.4, -0.2) is 106 Å². The van der Waals surface area contributed by atoms with Crippen molar-refractivity contribution in [3.8, 4) is 17.2 Å². The van der Waals surface area contributed by atoms with Crippen molar-refractivity contribution >= 4 is 23.6 Å². The van der Waals surface area contributed by atoms with Crippen molar-refractivity contribution < 1.29 is 62.8 Å². The van der Waals surface area contributed by atoms with E-state index in [9.17, 15) is 34.7 Å². The van der Waals surface area contributed by atoms with Gasteiger partial charge in [0, 0.05) is 10.6 Å². The number of aliphatic hydroxyl groups is 4. The van der Waals surface area contributed by atoms with Crippen LogP contribution in [-0.2, 0) is 19.0 Å². The summed E-state index contributed by atoms with van der Waals surface area (Å²) in [5.74, 6) is -1.90. The number of carbonyl (C=O) groups excluding carboxylic acids is 1. The van der Waals surface area contributed by atoms with Gasteiger partial charge in [-0.3, -0.25) is 4.79 Å². The molecule has 2 saturated heterocycles. The molecule has 256 valence electrons. The molecule has 2 aromatic rings. The summed E-state index contributed by atoms with van der Waals surface area (Å²) >= 11 is 5.76. The predicted molar refractivity (Wildman–Crippen MR) is 162 cm³/mol. The van der Waals surface area contributed by atoms with Crippen LogP contribution < -0.4 is 14.8 Å². The van der Waals surface area contributed by atoms with Crippen molar-refractivity contribution in [1.82, 2.24) is 5.32 Å². The smallest absolute Gasteiger partial charge is 0.247 e. The summed E-state index contributed by atoms with van der Waals surface area (Å²) in [6, 6.07) is 6.78. The van der Waals surface area contributed by atoms with Gasteiger partial charge in [-0.15, -0.1) is 0 Å². The molecular weight excluding hydrogens is 648 g/mol. The molecule has 47 heavy (non-hydrogen) atoms. The molecule has 5 rings (SSSR count). The Bertz CT molecular complexity index is 1510. The molecular formula is C32H36ClF2NO11. The van der Waals surface area contributed by atoms with Gasteiger partial charge in [0.1, 0.15) is 56.1 Å². The third-order valence-corrected chi connectivity index (χ3v) is 8.53. The number of phenolic OH excluding ortho intramolecular Hbond substituents is 1. The highest BCUT2D eigenvalue weighted by Crippen LogP contribution is 2.36. The van der Waals surface area contributed by atoms with E-state index in [0.29, 0.717) is 17.6 Å². The van der Waals surface area contributed by atoms with Gasteiger partial charge in [0.15, 0.2) is 29.2 Å². The Hall–Kier alpha value is -3.34. The molecule has 1 amide bonds. The van der Waals surface area contributed by atoms with Crippen molar-refractivity contribution in [2.75, 3.05) is 13.4 Å². The topological polar surface area (TPSA) is 176 Å². The number of carbonyl (C=O) groups is 1. The van der Waals surface area contributed by atoms with Crippen LogP contribution >= 0.6 is 11.6 Å². The molecule has 2 aliphatic heterocycles. The summed E-state index contributed by atoms with van der Waals surface area (Å²) in [5.41, 5.74) is 0.981. The van der Waals surface area contributed by atoms with E-state index in [1.165, 1.54) is 43.3 Å². The van der Waals surface area contributed by atoms with Crippen LogP contribution in [0.15, 0.2) is 53.6 Å². The van der Waals surface area contributed by atoms with Crippen LogP contribution in [0.4, 0.5) is 8.78 Å². The van der Waals surface area contributed by atoms with E-state index in [1.807, 2.05) is 0 Å². The van der Waals surface area contributed by atoms with E-state index in [0.717, 1.165) is 6.07 Å². The lowest BCUT2D eigenvalue weighted by Gasteiger charge is -2.41. The highest BCUT2D eigenvalue weighted by Gasteiger charge is 2.53. The first kappa shape index (κ1) is 35.0. The first-order valence-corrected chi connectivity index (χ1v) is 15.3. The molecule has 0 bridgehead atoms. The van der Waals surface area contributed by atoms with Gasteiger partial charge in [-0.25, -0.2) is 8.78 Å². The van der Waals surface area contributed by atoms with Crippen molar-refractivity contribution in [2.45, 2.75) is 81.5 Å². The summed E-state index contributed by atoms with van der Waals surface area (Å²) in [6.45, 7) is 2.98. The molecule has 12 nitrogen and oxygen atoms in total. The molecule has 0 aromatic heterocycles. The largest absolute Gasteiger partial charge is 0.504 e. The molecule has 1 saturated carbocycles. The maximum atomic E-state index is 15.1. The van der Waals surface area contributed by atoms with Crippen molar-refractivity contribution in [2.24, 2.45) is 0 Å². The maximum absolute atomic E-state index is 15.1. The number of hydrogen-bond donors (Lipinski definition) is 6. The van der Waals surface area contributed by atoms with Gasteiger partial charge in [0.05, 0.1) is 6.04 Å². The fourth-order valence-electron chi connectivity index (χ4n) is 5.71. The van der Waals surface area contributed by atoms with Gasteiger partial charge in [0.25, 0.3) is 0 Å². The zero-order valence-electron chi connectivity index (χ0n) is 25.3. The molecule has 10 atom stereocenters. The first-order valence-electron chi connectivity index (χ1n) is 14.9. The minimum absolute atomic E-state index is 0.0301. The Kier molecular flexibility index (Phi) is 11.0. The number of aromatic hydroxyl groups is 1. The lowest BCUT2D eigenvalue weighted by molar-refractivity contribution is -0.155. The van der Waals surface area contributed by atoms with Gasteiger partial charge < -0.3 is 54.5 Å². The molecule has 2 heterocycles. The Morgan fingerprint density at radius 2 is 1.74 bits per heavy atom. The molecule has 6 N–H and O–H groups in total. The monoisotopic (exact) mass is 683 g/mol. The van der Waals surface area contributed by atoms with Gasteiger partial charge in [-0.2, -0.15) is 0 Å². The SMILES string of the molecule is CC/C(=C/COc1ccc(Cl)cc1F)[C@H]1O[C@@H](Oc2ccc(/C=C(\C)C(=O)N[C@@H]3C(O)C(O)C4OCO[C@H]4[C@@H]3O)cc2O)[C@@H](F)[C@@H]1O. The molecule has 0 radical (unpaired) electrons. The Balaban J connectivity index is 1.20. The molecule has 3 unspecified atom stereocenters. The van der Waals surface area contributed by atoms with Crippen molar-refractivity contribution in [1.29, 1.82) is 0 Å². The Morgan fingerprint density at radius 1 is 1.04 bits per heavy atom. The van der Waals surface area contributed by atoms with Crippen LogP contribution in [0.25, 0.3) is 6.08 Å². The summed E-state index contributed by atoms with van der Waals surface area (Å²) in [4.78, 5) is 12.9. The third-order valence-electron chi connectivity index (χ3n) is 8.30. The fourth-order valence-corrected chi connectivity index (χ4v) is 5.86. The summed E-state index contributed by atoms with van der Waals surface area (Å²) < 4.78 is 56.2. The molecule has 15 heteroatoms. The maximum Gasteiger partial charge on any atom is 0.247 e. The number of amides is 1. The number of hydrogen-bond acceptors (Lipinski definition) is 11. The normalized spacial score (nSPS) is 32.6. The van der Waals surface area contributed by atoms with E-state index in [-0.39, 0.29) is 35.5 Å². The van der Waals surface area contributed by atoms with Gasteiger partial charge >= 0.3 is 0 Å². The highest BCUT2D eigenvalue weighted by molar-refractivity contribution is 6.30. The van der Waals surface area contributed by atoms with Crippen molar-refractivity contribution in [3.63, 3.8) is 0 Å². The zero-order chi connectivity index (χ0) is 34.0. The predicted octanol–water partition coefficient (Wildman–Crippen LogP) is 2.13. The summed E-state index contributed by atoms with van der Waals surface area (Å²) in [6.07, 6.45) is -9.02. The first-order chi connectivity index (χ1) is 22.4. The van der Waals surface area contributed by atoms with Crippen LogP contribution in [0.1, 0.15) is 25.8 Å². The highest BCUT2D eigenvalue weighted by atomic mass is 35.5. The van der Waals surface area contributed by atoms with Gasteiger partial charge in [-0.05, 0) is 67.0 Å². The Labute approximate surface area is 273 Å². The van der Waals surface area contributed by atoms with Crippen LogP contribution in [0, 0.1) is 5.82 Å². The minimum Gasteiger partial charge on any atom is -0.504 e. The number of phenols is 1. The number of ether oxygens (including phenoxy) is 5. The number of rotatable bonds is 10. The number of aliphatic hydroxyl groups excluding tert-OH is 4. The van der Waals surface area contributed by atoms with E-state index in [4.69, 9.17) is 35.3 Å². The number of nitrogens with one attached hydrogen (secondary N) is 1. The zero-order valence-corrected chi connectivity index (χ0v) is 26.1. The van der Waals surface area contributed by atoms with Gasteiger partial charge in [0.2, 0.25) is 12.2 Å². The molecule has 3 aliphatic rings. The Morgan fingerprint density at radius 3 is 2.43 bits per heavy atom. The van der Waals surface area contributed by atoms with Gasteiger partial charge in [-0.1, -0.05) is 24.6 Å². The number of alkyl halides is 1. The quantitative estimate of drug-likeness (QED) is 0.160. The number of halogens is 3. The number of fused-ring (bicyclic) bond motifs is 1. The van der Waals surface area contributed by atoms with Crippen LogP contribution in [0.5, 0.6) is 17.2 Å². The second-order valence-electron chi connectivity index (χ2n) is 11.4. The standard InChI is InChI=1S/C32H36ClF2NO11/c1-3-16(8-9-43-20-7-5-17(33)12-18(20)34)28-24(38)22(35)32(47-28)46-21-6-4-15(11-19(21)37)10-14(2)31(42)36-23-25(39)27(41)30-29(26(23)40)44-13-45-30/h4-8,10-12,22-30,32,37-41H,3,9,13H2,1-2H3,(H,36,42)/b14-10+,16-8-/t22-,23+,24-,25?,26+,27?,28+,29-,30?,32+/m0/s1. The van der Waals surface area contributed by atoms with E-state index in [2.05, 4.69) is 5.32 Å². The van der Waals surface area contributed by atoms with E-state index < -0.39 is 78.7 Å². The molecule has 2 aromatic carbocycles. The lowest BCUT2D eigenvalue weighted by atomic mass is 9.83. The van der Waals surface area contributed by atoms with Crippen LogP contribution in [0.2, 0.25) is 5.02 Å². The van der Waals surface area contributed by atoms with E-state index in [1.54, 1.807) is 13.0 Å². The summed E-state index contributed by atoms with van der Waals surface area (Å²) in [7, 11) is 0. The van der Waals surface area contributed by atoms with E-state index >= 15 is 4.39 Å². The average Bonchev–Trinajstić information content (AvgIpc) is 3.64. The number of benzene rings is 2.